The van der Waals surface area contributed by atoms with E-state index in [0.717, 1.165) is 0 Å². The second kappa shape index (κ2) is 9.88. The predicted octanol–water partition coefficient (Wildman–Crippen LogP) is 1.98. The number of Topliss-reactive ketones (excluding diaryl/α,β-unsaturated/α-hetero) is 1. The van der Waals surface area contributed by atoms with Crippen molar-refractivity contribution in [3.05, 3.63) is 59.7 Å². The molecule has 176 valence electrons. The van der Waals surface area contributed by atoms with Crippen LogP contribution in [0.5, 0.6) is 11.5 Å². The molecule has 2 aliphatic rings. The van der Waals surface area contributed by atoms with E-state index in [1.165, 1.54) is 13.8 Å². The van der Waals surface area contributed by atoms with E-state index in [0.29, 0.717) is 22.6 Å². The summed E-state index contributed by atoms with van der Waals surface area (Å²) < 4.78 is 29.3. The maximum atomic E-state index is 11.9. The number of aliphatic hydroxyl groups is 1. The fourth-order valence-corrected chi connectivity index (χ4v) is 4.00. The fourth-order valence-electron chi connectivity index (χ4n) is 4.00. The summed E-state index contributed by atoms with van der Waals surface area (Å²) in [6, 6.07) is 12.9. The van der Waals surface area contributed by atoms with E-state index in [4.69, 9.17) is 23.7 Å². The van der Waals surface area contributed by atoms with E-state index in [-0.39, 0.29) is 18.3 Å². The SMILES string of the molecule is COc1ccccc1C1OCC2OC(Oc3ccc(C(C)=O)cc3)C(NC(C)=O)C(O)C2O1. The first-order valence-electron chi connectivity index (χ1n) is 10.7. The highest BCUT2D eigenvalue weighted by atomic mass is 16.7. The third-order valence-electron chi connectivity index (χ3n) is 5.64. The quantitative estimate of drug-likeness (QED) is 0.634. The van der Waals surface area contributed by atoms with Crippen LogP contribution >= 0.6 is 0 Å². The summed E-state index contributed by atoms with van der Waals surface area (Å²) in [5, 5.41) is 13.8. The molecule has 2 aliphatic heterocycles. The number of nitrogens with one attached hydrogen (secondary N) is 1. The van der Waals surface area contributed by atoms with Crippen molar-refractivity contribution < 1.29 is 38.4 Å². The molecule has 6 atom stereocenters. The summed E-state index contributed by atoms with van der Waals surface area (Å²) >= 11 is 0. The third kappa shape index (κ3) is 5.01. The number of hydrogen-bond donors (Lipinski definition) is 2. The van der Waals surface area contributed by atoms with Crippen molar-refractivity contribution in [2.45, 2.75) is 50.8 Å². The van der Waals surface area contributed by atoms with Gasteiger partial charge in [0.2, 0.25) is 12.2 Å². The molecule has 0 radical (unpaired) electrons. The zero-order chi connectivity index (χ0) is 23.5. The Morgan fingerprint density at radius 3 is 2.45 bits per heavy atom. The number of ether oxygens (including phenoxy) is 5. The van der Waals surface area contributed by atoms with Gasteiger partial charge in [-0.25, -0.2) is 0 Å². The number of ketones is 1. The standard InChI is InChI=1S/C24H27NO8/c1-13(26)15-8-10-16(11-9-15)31-24-20(25-14(2)27)21(28)22-19(32-24)12-30-23(33-22)17-6-4-5-7-18(17)29-3/h4-11,19-24,28H,12H2,1-3H3,(H,25,27). The van der Waals surface area contributed by atoms with Gasteiger partial charge in [0.25, 0.3) is 0 Å². The molecule has 0 aliphatic carbocycles. The van der Waals surface area contributed by atoms with Gasteiger partial charge in [-0.1, -0.05) is 18.2 Å². The molecule has 9 heteroatoms. The average Bonchev–Trinajstić information content (AvgIpc) is 2.81. The minimum atomic E-state index is -1.13. The topological polar surface area (TPSA) is 113 Å². The highest BCUT2D eigenvalue weighted by Gasteiger charge is 2.51. The normalized spacial score (nSPS) is 29.0. The van der Waals surface area contributed by atoms with Gasteiger partial charge >= 0.3 is 0 Å². The van der Waals surface area contributed by atoms with E-state index in [1.54, 1.807) is 37.4 Å². The number of hydrogen-bond acceptors (Lipinski definition) is 8. The van der Waals surface area contributed by atoms with Crippen LogP contribution in [-0.2, 0) is 19.0 Å². The van der Waals surface area contributed by atoms with Crippen molar-refractivity contribution >= 4 is 11.7 Å². The average molecular weight is 457 g/mol. The highest BCUT2D eigenvalue weighted by molar-refractivity contribution is 5.94. The molecule has 2 saturated heterocycles. The molecule has 1 amide bonds. The van der Waals surface area contributed by atoms with Crippen LogP contribution in [0.25, 0.3) is 0 Å². The number of methoxy groups -OCH3 is 1. The number of para-hydroxylation sites is 1. The first-order valence-corrected chi connectivity index (χ1v) is 10.7. The molecule has 2 aromatic carbocycles. The molecular weight excluding hydrogens is 430 g/mol. The number of benzene rings is 2. The Bertz CT molecular complexity index is 994. The van der Waals surface area contributed by atoms with E-state index < -0.39 is 36.9 Å². The zero-order valence-corrected chi connectivity index (χ0v) is 18.6. The lowest BCUT2D eigenvalue weighted by Crippen LogP contribution is -2.67. The van der Waals surface area contributed by atoms with Crippen LogP contribution in [0.3, 0.4) is 0 Å². The Kier molecular flexibility index (Phi) is 6.94. The van der Waals surface area contributed by atoms with Gasteiger partial charge in [0, 0.05) is 18.1 Å². The van der Waals surface area contributed by atoms with Crippen LogP contribution in [0.4, 0.5) is 0 Å². The van der Waals surface area contributed by atoms with Crippen molar-refractivity contribution in [3.8, 4) is 11.5 Å². The zero-order valence-electron chi connectivity index (χ0n) is 18.6. The van der Waals surface area contributed by atoms with Crippen molar-refractivity contribution in [1.29, 1.82) is 0 Å². The number of carbonyl (C=O) groups excluding carboxylic acids is 2. The van der Waals surface area contributed by atoms with E-state index >= 15 is 0 Å². The van der Waals surface area contributed by atoms with E-state index in [1.807, 2.05) is 18.2 Å². The molecule has 4 rings (SSSR count). The predicted molar refractivity (Wildman–Crippen MR) is 116 cm³/mol. The number of rotatable bonds is 6. The molecule has 2 heterocycles. The summed E-state index contributed by atoms with van der Waals surface area (Å²) in [5.41, 5.74) is 1.23. The Morgan fingerprint density at radius 1 is 1.06 bits per heavy atom. The second-order valence-corrected chi connectivity index (χ2v) is 7.97. The third-order valence-corrected chi connectivity index (χ3v) is 5.64. The summed E-state index contributed by atoms with van der Waals surface area (Å²) in [5.74, 6) is 0.609. The number of amides is 1. The second-order valence-electron chi connectivity index (χ2n) is 7.97. The fraction of sp³-hybridized carbons (Fsp3) is 0.417. The summed E-state index contributed by atoms with van der Waals surface area (Å²) in [6.07, 6.45) is -4.29. The van der Waals surface area contributed by atoms with Crippen LogP contribution in [-0.4, -0.2) is 61.2 Å². The van der Waals surface area contributed by atoms with Crippen LogP contribution in [0.15, 0.2) is 48.5 Å². The van der Waals surface area contributed by atoms with Crippen LogP contribution in [0, 0.1) is 0 Å². The summed E-state index contributed by atoms with van der Waals surface area (Å²) in [4.78, 5) is 23.4. The lowest BCUT2D eigenvalue weighted by molar-refractivity contribution is -0.333. The summed E-state index contributed by atoms with van der Waals surface area (Å²) in [7, 11) is 1.56. The van der Waals surface area contributed by atoms with Crippen molar-refractivity contribution in [1.82, 2.24) is 5.32 Å². The van der Waals surface area contributed by atoms with E-state index in [9.17, 15) is 14.7 Å². The molecule has 9 nitrogen and oxygen atoms in total. The van der Waals surface area contributed by atoms with Crippen molar-refractivity contribution in [2.75, 3.05) is 13.7 Å². The minimum Gasteiger partial charge on any atom is -0.496 e. The Labute approximate surface area is 191 Å². The van der Waals surface area contributed by atoms with Gasteiger partial charge in [-0.2, -0.15) is 0 Å². The molecule has 33 heavy (non-hydrogen) atoms. The molecule has 6 unspecified atom stereocenters. The van der Waals surface area contributed by atoms with Crippen LogP contribution < -0.4 is 14.8 Å². The van der Waals surface area contributed by atoms with Crippen LogP contribution in [0.1, 0.15) is 36.1 Å². The molecular formula is C24H27NO8. The monoisotopic (exact) mass is 457 g/mol. The van der Waals surface area contributed by atoms with Gasteiger partial charge in [0.15, 0.2) is 12.1 Å². The van der Waals surface area contributed by atoms with Crippen molar-refractivity contribution in [3.63, 3.8) is 0 Å². The Hall–Kier alpha value is -2.98. The largest absolute Gasteiger partial charge is 0.496 e. The highest BCUT2D eigenvalue weighted by Crippen LogP contribution is 2.37. The number of aliphatic hydroxyl groups excluding tert-OH is 1. The maximum Gasteiger partial charge on any atom is 0.223 e. The Morgan fingerprint density at radius 2 is 1.79 bits per heavy atom. The minimum absolute atomic E-state index is 0.0639. The molecule has 2 aromatic rings. The van der Waals surface area contributed by atoms with Gasteiger partial charge in [-0.05, 0) is 37.3 Å². The Balaban J connectivity index is 1.53. The molecule has 0 saturated carbocycles. The van der Waals surface area contributed by atoms with Crippen molar-refractivity contribution in [2.24, 2.45) is 0 Å². The maximum absolute atomic E-state index is 11.9. The molecule has 2 N–H and O–H groups in total. The molecule has 2 fully saturated rings. The van der Waals surface area contributed by atoms with Gasteiger partial charge in [-0.15, -0.1) is 0 Å². The summed E-state index contributed by atoms with van der Waals surface area (Å²) in [6.45, 7) is 2.96. The van der Waals surface area contributed by atoms with Gasteiger partial charge < -0.3 is 34.1 Å². The number of carbonyl (C=O) groups is 2. The van der Waals surface area contributed by atoms with Gasteiger partial charge in [0.1, 0.15) is 35.9 Å². The first-order chi connectivity index (χ1) is 15.9. The first kappa shape index (κ1) is 23.2. The van der Waals surface area contributed by atoms with Gasteiger partial charge in [0.05, 0.1) is 13.7 Å². The van der Waals surface area contributed by atoms with Gasteiger partial charge in [-0.3, -0.25) is 9.59 Å². The van der Waals surface area contributed by atoms with Crippen LogP contribution in [0.2, 0.25) is 0 Å². The lowest BCUT2D eigenvalue weighted by Gasteiger charge is -2.47. The molecule has 0 spiro atoms. The smallest absolute Gasteiger partial charge is 0.223 e. The lowest BCUT2D eigenvalue weighted by atomic mass is 9.95. The number of fused-ring (bicyclic) bond motifs is 1. The molecule has 0 bridgehead atoms. The molecule has 0 aromatic heterocycles. The van der Waals surface area contributed by atoms with E-state index in [2.05, 4.69) is 5.32 Å².